The van der Waals surface area contributed by atoms with Crippen molar-refractivity contribution in [2.75, 3.05) is 6.61 Å². The second-order valence-corrected chi connectivity index (χ2v) is 3.34. The van der Waals surface area contributed by atoms with E-state index in [1.807, 2.05) is 0 Å². The molecule has 1 heterocycles. The molecule has 0 aliphatic carbocycles. The van der Waals surface area contributed by atoms with Crippen LogP contribution < -0.4 is 0 Å². The maximum atomic E-state index is 13.5. The molecule has 0 radical (unpaired) electrons. The van der Waals surface area contributed by atoms with Gasteiger partial charge in [-0.1, -0.05) is 11.3 Å². The Morgan fingerprint density at radius 3 is 2.94 bits per heavy atom. The Kier molecular flexibility index (Phi) is 3.31. The van der Waals surface area contributed by atoms with Crippen molar-refractivity contribution in [1.29, 1.82) is 0 Å². The minimum absolute atomic E-state index is 0.0690. The van der Waals surface area contributed by atoms with E-state index in [0.29, 0.717) is 0 Å². The van der Waals surface area contributed by atoms with Crippen LogP contribution in [0.25, 0.3) is 5.69 Å². The summed E-state index contributed by atoms with van der Waals surface area (Å²) in [5.41, 5.74) is -0.196. The lowest BCUT2D eigenvalue weighted by atomic mass is 10.3. The topological polar surface area (TPSA) is 57.0 Å². The standard InChI is InChI=1S/C11H9F2N3O2/c1-2-18-11(17)8-6-16(15-14-8)9-5-3-4-7(12)10(9)13/h3-6H,2H2,1H3. The van der Waals surface area contributed by atoms with Crippen LogP contribution in [0.1, 0.15) is 17.4 Å². The quantitative estimate of drug-likeness (QED) is 0.781. The van der Waals surface area contributed by atoms with Crippen molar-refractivity contribution in [3.8, 4) is 5.69 Å². The largest absolute Gasteiger partial charge is 0.461 e. The first-order valence-corrected chi connectivity index (χ1v) is 5.17. The Hall–Kier alpha value is -2.31. The third-order valence-corrected chi connectivity index (χ3v) is 2.16. The second kappa shape index (κ2) is 4.91. The number of hydrogen-bond acceptors (Lipinski definition) is 4. The highest BCUT2D eigenvalue weighted by Gasteiger charge is 2.15. The molecule has 0 amide bonds. The van der Waals surface area contributed by atoms with Gasteiger partial charge < -0.3 is 4.74 Å². The molecule has 0 unspecified atom stereocenters. The van der Waals surface area contributed by atoms with Gasteiger partial charge in [-0.2, -0.15) is 0 Å². The van der Waals surface area contributed by atoms with Crippen LogP contribution in [0.15, 0.2) is 24.4 Å². The molecule has 94 valence electrons. The van der Waals surface area contributed by atoms with Gasteiger partial charge in [0.1, 0.15) is 5.69 Å². The molecule has 0 saturated heterocycles. The van der Waals surface area contributed by atoms with E-state index in [4.69, 9.17) is 4.74 Å². The molecule has 0 aliphatic rings. The minimum Gasteiger partial charge on any atom is -0.461 e. The highest BCUT2D eigenvalue weighted by atomic mass is 19.2. The van der Waals surface area contributed by atoms with E-state index in [-0.39, 0.29) is 18.0 Å². The number of nitrogens with zero attached hydrogens (tertiary/aromatic N) is 3. The molecule has 2 aromatic rings. The first kappa shape index (κ1) is 12.2. The molecule has 18 heavy (non-hydrogen) atoms. The third-order valence-electron chi connectivity index (χ3n) is 2.16. The lowest BCUT2D eigenvalue weighted by Gasteiger charge is -2.01. The van der Waals surface area contributed by atoms with Gasteiger partial charge in [0.15, 0.2) is 17.3 Å². The molecular weight excluding hydrogens is 244 g/mol. The van der Waals surface area contributed by atoms with Crippen molar-refractivity contribution >= 4 is 5.97 Å². The van der Waals surface area contributed by atoms with Crippen LogP contribution in [-0.4, -0.2) is 27.6 Å². The summed E-state index contributed by atoms with van der Waals surface area (Å²) in [7, 11) is 0. The van der Waals surface area contributed by atoms with Crippen molar-refractivity contribution in [1.82, 2.24) is 15.0 Å². The van der Waals surface area contributed by atoms with Gasteiger partial charge in [0.25, 0.3) is 0 Å². The smallest absolute Gasteiger partial charge is 0.360 e. The van der Waals surface area contributed by atoms with Gasteiger partial charge in [0.2, 0.25) is 0 Å². The highest BCUT2D eigenvalue weighted by Crippen LogP contribution is 2.15. The maximum absolute atomic E-state index is 13.5. The van der Waals surface area contributed by atoms with Crippen molar-refractivity contribution in [3.05, 3.63) is 41.7 Å². The van der Waals surface area contributed by atoms with Gasteiger partial charge in [-0.15, -0.1) is 5.10 Å². The number of halogens is 2. The number of aromatic nitrogens is 3. The third kappa shape index (κ3) is 2.20. The Bertz CT molecular complexity index is 583. The summed E-state index contributed by atoms with van der Waals surface area (Å²) in [5.74, 6) is -2.72. The molecule has 5 nitrogen and oxygen atoms in total. The number of benzene rings is 1. The fourth-order valence-electron chi connectivity index (χ4n) is 1.35. The van der Waals surface area contributed by atoms with E-state index >= 15 is 0 Å². The second-order valence-electron chi connectivity index (χ2n) is 3.34. The van der Waals surface area contributed by atoms with E-state index in [0.717, 1.165) is 10.7 Å². The van der Waals surface area contributed by atoms with Crippen LogP contribution >= 0.6 is 0 Å². The first-order chi connectivity index (χ1) is 8.63. The number of rotatable bonds is 3. The molecule has 2 rings (SSSR count). The fraction of sp³-hybridized carbons (Fsp3) is 0.182. The summed E-state index contributed by atoms with van der Waals surface area (Å²) in [6.45, 7) is 1.84. The lowest BCUT2D eigenvalue weighted by Crippen LogP contribution is -2.04. The zero-order valence-corrected chi connectivity index (χ0v) is 9.43. The highest BCUT2D eigenvalue weighted by molar-refractivity contribution is 5.86. The Morgan fingerprint density at radius 2 is 2.22 bits per heavy atom. The lowest BCUT2D eigenvalue weighted by molar-refractivity contribution is 0.0519. The SMILES string of the molecule is CCOC(=O)c1cn(-c2cccc(F)c2F)nn1. The molecule has 0 spiro atoms. The van der Waals surface area contributed by atoms with Crippen molar-refractivity contribution in [3.63, 3.8) is 0 Å². The number of ether oxygens (including phenoxy) is 1. The van der Waals surface area contributed by atoms with Crippen LogP contribution in [0.3, 0.4) is 0 Å². The van der Waals surface area contributed by atoms with Crippen LogP contribution in [0, 0.1) is 11.6 Å². The van der Waals surface area contributed by atoms with Crippen LogP contribution in [0.4, 0.5) is 8.78 Å². The zero-order valence-electron chi connectivity index (χ0n) is 9.43. The fourth-order valence-corrected chi connectivity index (χ4v) is 1.35. The molecule has 1 aromatic heterocycles. The van der Waals surface area contributed by atoms with Crippen molar-refractivity contribution in [2.45, 2.75) is 6.92 Å². The van der Waals surface area contributed by atoms with Gasteiger partial charge in [0.05, 0.1) is 12.8 Å². The monoisotopic (exact) mass is 253 g/mol. The number of carbonyl (C=O) groups excluding carboxylic acids is 1. The number of hydrogen-bond donors (Lipinski definition) is 0. The average molecular weight is 253 g/mol. The molecule has 0 saturated carbocycles. The number of esters is 1. The summed E-state index contributed by atoms with van der Waals surface area (Å²) in [5, 5.41) is 7.08. The molecule has 0 atom stereocenters. The zero-order chi connectivity index (χ0) is 13.1. The van der Waals surface area contributed by atoms with Crippen molar-refractivity contribution in [2.24, 2.45) is 0 Å². The maximum Gasteiger partial charge on any atom is 0.360 e. The van der Waals surface area contributed by atoms with Gasteiger partial charge in [-0.05, 0) is 19.1 Å². The Balaban J connectivity index is 2.35. The van der Waals surface area contributed by atoms with E-state index in [1.165, 1.54) is 18.3 Å². The minimum atomic E-state index is -1.06. The van der Waals surface area contributed by atoms with Crippen LogP contribution in [-0.2, 0) is 4.74 Å². The molecule has 0 bridgehead atoms. The van der Waals surface area contributed by atoms with Gasteiger partial charge >= 0.3 is 5.97 Å². The summed E-state index contributed by atoms with van der Waals surface area (Å²) in [6.07, 6.45) is 1.18. The van der Waals surface area contributed by atoms with E-state index < -0.39 is 17.6 Å². The van der Waals surface area contributed by atoms with E-state index in [9.17, 15) is 13.6 Å². The molecule has 0 fully saturated rings. The number of carbonyl (C=O) groups is 1. The van der Waals surface area contributed by atoms with Gasteiger partial charge in [-0.25, -0.2) is 18.3 Å². The summed E-state index contributed by atoms with van der Waals surface area (Å²) in [4.78, 5) is 11.3. The van der Waals surface area contributed by atoms with Crippen LogP contribution in [0.5, 0.6) is 0 Å². The molecule has 0 N–H and O–H groups in total. The molecule has 0 aliphatic heterocycles. The predicted octanol–water partition coefficient (Wildman–Crippen LogP) is 1.72. The normalized spacial score (nSPS) is 10.4. The molecular formula is C11H9F2N3O2. The van der Waals surface area contributed by atoms with Crippen LogP contribution in [0.2, 0.25) is 0 Å². The van der Waals surface area contributed by atoms with E-state index in [1.54, 1.807) is 6.92 Å². The predicted molar refractivity (Wildman–Crippen MR) is 57.2 cm³/mol. The molecule has 7 heteroatoms. The summed E-state index contributed by atoms with van der Waals surface area (Å²) < 4.78 is 32.2. The van der Waals surface area contributed by atoms with Crippen molar-refractivity contribution < 1.29 is 18.3 Å². The average Bonchev–Trinajstić information content (AvgIpc) is 2.82. The van der Waals surface area contributed by atoms with Gasteiger partial charge in [-0.3, -0.25) is 0 Å². The summed E-state index contributed by atoms with van der Waals surface area (Å²) in [6, 6.07) is 3.64. The molecule has 1 aromatic carbocycles. The summed E-state index contributed by atoms with van der Waals surface area (Å²) >= 11 is 0. The Morgan fingerprint density at radius 1 is 1.44 bits per heavy atom. The van der Waals surface area contributed by atoms with E-state index in [2.05, 4.69) is 10.3 Å². The Labute approximate surface area is 101 Å². The van der Waals surface area contributed by atoms with Gasteiger partial charge in [0, 0.05) is 0 Å². The first-order valence-electron chi connectivity index (χ1n) is 5.17.